The van der Waals surface area contributed by atoms with Crippen molar-refractivity contribution in [2.45, 2.75) is 12.8 Å². The lowest BCUT2D eigenvalue weighted by molar-refractivity contribution is -0.136. The minimum atomic E-state index is -2.79. The molecule has 0 radical (unpaired) electrons. The van der Waals surface area contributed by atoms with E-state index >= 15 is 0 Å². The zero-order valence-corrected chi connectivity index (χ0v) is 9.52. The number of carboxylic acid groups (broad SMARTS) is 1. The van der Waals surface area contributed by atoms with Crippen LogP contribution in [0.2, 0.25) is 5.15 Å². The summed E-state index contributed by atoms with van der Waals surface area (Å²) < 4.78 is 25.0. The van der Waals surface area contributed by atoms with E-state index in [9.17, 15) is 13.6 Å². The summed E-state index contributed by atoms with van der Waals surface area (Å²) >= 11 is 8.35. The SMILES string of the molecule is O=C(O)Cc1cc(Cl)nc(Br)c1C(F)F. The van der Waals surface area contributed by atoms with E-state index in [1.807, 2.05) is 0 Å². The Morgan fingerprint density at radius 3 is 2.73 bits per heavy atom. The molecule has 0 fully saturated rings. The predicted molar refractivity (Wildman–Crippen MR) is 53.2 cm³/mol. The molecule has 82 valence electrons. The van der Waals surface area contributed by atoms with Crippen LogP contribution in [-0.4, -0.2) is 16.1 Å². The third-order valence-corrected chi connectivity index (χ3v) is 2.42. The molecule has 15 heavy (non-hydrogen) atoms. The molecule has 1 N–H and O–H groups in total. The molecular weight excluding hydrogens is 295 g/mol. The van der Waals surface area contributed by atoms with E-state index in [2.05, 4.69) is 20.9 Å². The zero-order chi connectivity index (χ0) is 11.6. The van der Waals surface area contributed by atoms with Crippen molar-refractivity contribution in [3.63, 3.8) is 0 Å². The summed E-state index contributed by atoms with van der Waals surface area (Å²) in [5, 5.41) is 8.51. The van der Waals surface area contributed by atoms with E-state index < -0.39 is 24.4 Å². The van der Waals surface area contributed by atoms with Gasteiger partial charge in [0.2, 0.25) is 0 Å². The van der Waals surface area contributed by atoms with Gasteiger partial charge in [0, 0.05) is 0 Å². The van der Waals surface area contributed by atoms with Crippen molar-refractivity contribution < 1.29 is 18.7 Å². The minimum absolute atomic E-state index is 0.0254. The molecule has 0 saturated carbocycles. The minimum Gasteiger partial charge on any atom is -0.481 e. The van der Waals surface area contributed by atoms with Gasteiger partial charge in [-0.2, -0.15) is 0 Å². The van der Waals surface area contributed by atoms with Crippen molar-refractivity contribution in [3.05, 3.63) is 26.9 Å². The second kappa shape index (κ2) is 4.85. The van der Waals surface area contributed by atoms with Crippen LogP contribution in [0.15, 0.2) is 10.7 Å². The van der Waals surface area contributed by atoms with Crippen molar-refractivity contribution >= 4 is 33.5 Å². The summed E-state index contributed by atoms with van der Waals surface area (Å²) in [4.78, 5) is 14.0. The Balaban J connectivity index is 3.26. The Morgan fingerprint density at radius 1 is 1.67 bits per heavy atom. The lowest BCUT2D eigenvalue weighted by Crippen LogP contribution is -2.06. The summed E-state index contributed by atoms with van der Waals surface area (Å²) in [6.45, 7) is 0. The molecule has 0 spiro atoms. The van der Waals surface area contributed by atoms with Gasteiger partial charge in [-0.05, 0) is 27.6 Å². The van der Waals surface area contributed by atoms with E-state index in [0.29, 0.717) is 0 Å². The number of alkyl halides is 2. The molecular formula is C8H5BrClF2NO2. The smallest absolute Gasteiger partial charge is 0.307 e. The summed E-state index contributed by atoms with van der Waals surface area (Å²) in [5.41, 5.74) is -0.467. The maximum atomic E-state index is 12.6. The van der Waals surface area contributed by atoms with Gasteiger partial charge in [0.1, 0.15) is 9.76 Å². The number of carboxylic acids is 1. The van der Waals surface area contributed by atoms with Gasteiger partial charge in [-0.25, -0.2) is 13.8 Å². The molecule has 0 unspecified atom stereocenters. The van der Waals surface area contributed by atoms with Crippen LogP contribution >= 0.6 is 27.5 Å². The molecule has 0 atom stereocenters. The standard InChI is InChI=1S/C8H5BrClF2NO2/c9-7-6(8(11)12)3(2-5(14)15)1-4(10)13-7/h1,8H,2H2,(H,14,15). The average molecular weight is 300 g/mol. The highest BCUT2D eigenvalue weighted by Crippen LogP contribution is 2.31. The van der Waals surface area contributed by atoms with Crippen molar-refractivity contribution in [3.8, 4) is 0 Å². The summed E-state index contributed by atoms with van der Waals surface area (Å²) in [6, 6.07) is 1.13. The van der Waals surface area contributed by atoms with Crippen LogP contribution in [0, 0.1) is 0 Å². The molecule has 3 nitrogen and oxygen atoms in total. The second-order valence-corrected chi connectivity index (χ2v) is 3.82. The Kier molecular flexibility index (Phi) is 3.98. The van der Waals surface area contributed by atoms with Crippen LogP contribution in [0.1, 0.15) is 17.6 Å². The molecule has 1 heterocycles. The van der Waals surface area contributed by atoms with Crippen LogP contribution in [0.5, 0.6) is 0 Å². The number of pyridine rings is 1. The van der Waals surface area contributed by atoms with Crippen LogP contribution in [0.3, 0.4) is 0 Å². The summed E-state index contributed by atoms with van der Waals surface area (Å²) in [7, 11) is 0. The summed E-state index contributed by atoms with van der Waals surface area (Å²) in [6.07, 6.45) is -3.31. The average Bonchev–Trinajstić information content (AvgIpc) is 1.99. The molecule has 0 amide bonds. The maximum absolute atomic E-state index is 12.6. The molecule has 0 aliphatic rings. The van der Waals surface area contributed by atoms with E-state index in [1.165, 1.54) is 0 Å². The first-order valence-electron chi connectivity index (χ1n) is 3.76. The van der Waals surface area contributed by atoms with Crippen molar-refractivity contribution in [1.29, 1.82) is 0 Å². The van der Waals surface area contributed by atoms with E-state index in [-0.39, 0.29) is 15.3 Å². The van der Waals surface area contributed by atoms with Crippen molar-refractivity contribution in [2.75, 3.05) is 0 Å². The number of halogens is 4. The van der Waals surface area contributed by atoms with Gasteiger partial charge in [0.05, 0.1) is 12.0 Å². The number of rotatable bonds is 3. The van der Waals surface area contributed by atoms with Crippen LogP contribution < -0.4 is 0 Å². The Bertz CT molecular complexity index is 400. The first kappa shape index (κ1) is 12.3. The predicted octanol–water partition coefficient (Wildman–Crippen LogP) is 3.06. The largest absolute Gasteiger partial charge is 0.481 e. The van der Waals surface area contributed by atoms with Crippen LogP contribution in [0.25, 0.3) is 0 Å². The van der Waals surface area contributed by atoms with E-state index in [4.69, 9.17) is 16.7 Å². The lowest BCUT2D eigenvalue weighted by Gasteiger charge is -2.08. The molecule has 7 heteroatoms. The van der Waals surface area contributed by atoms with Crippen molar-refractivity contribution in [2.24, 2.45) is 0 Å². The second-order valence-electron chi connectivity index (χ2n) is 2.68. The molecule has 0 bridgehead atoms. The first-order valence-corrected chi connectivity index (χ1v) is 4.93. The highest BCUT2D eigenvalue weighted by Gasteiger charge is 2.20. The molecule has 0 aliphatic carbocycles. The molecule has 1 aromatic heterocycles. The van der Waals surface area contributed by atoms with Gasteiger partial charge < -0.3 is 5.11 Å². The van der Waals surface area contributed by atoms with Crippen LogP contribution in [0.4, 0.5) is 8.78 Å². The van der Waals surface area contributed by atoms with Crippen molar-refractivity contribution in [1.82, 2.24) is 4.98 Å². The fourth-order valence-corrected chi connectivity index (χ4v) is 2.02. The van der Waals surface area contributed by atoms with Crippen LogP contribution in [-0.2, 0) is 11.2 Å². The zero-order valence-electron chi connectivity index (χ0n) is 7.18. The molecule has 1 rings (SSSR count). The van der Waals surface area contributed by atoms with Gasteiger partial charge in [0.15, 0.2) is 0 Å². The number of hydrogen-bond donors (Lipinski definition) is 1. The molecule has 0 aliphatic heterocycles. The van der Waals surface area contributed by atoms with Gasteiger partial charge >= 0.3 is 5.97 Å². The Hall–Kier alpha value is -0.750. The molecule has 0 saturated heterocycles. The normalized spacial score (nSPS) is 10.7. The summed E-state index contributed by atoms with van der Waals surface area (Å²) in [5.74, 6) is -1.20. The van der Waals surface area contributed by atoms with Gasteiger partial charge in [-0.3, -0.25) is 4.79 Å². The number of carbonyl (C=O) groups is 1. The Morgan fingerprint density at radius 2 is 2.27 bits per heavy atom. The maximum Gasteiger partial charge on any atom is 0.307 e. The third-order valence-electron chi connectivity index (χ3n) is 1.63. The molecule has 0 aromatic carbocycles. The fourth-order valence-electron chi connectivity index (χ4n) is 1.08. The van der Waals surface area contributed by atoms with Gasteiger partial charge in [-0.1, -0.05) is 11.6 Å². The monoisotopic (exact) mass is 299 g/mol. The van der Waals surface area contributed by atoms with E-state index in [0.717, 1.165) is 6.07 Å². The lowest BCUT2D eigenvalue weighted by atomic mass is 10.1. The van der Waals surface area contributed by atoms with Gasteiger partial charge in [-0.15, -0.1) is 0 Å². The third kappa shape index (κ3) is 3.10. The quantitative estimate of drug-likeness (QED) is 0.873. The topological polar surface area (TPSA) is 50.2 Å². The number of aromatic nitrogens is 1. The highest BCUT2D eigenvalue weighted by molar-refractivity contribution is 9.10. The number of aliphatic carboxylic acids is 1. The molecule has 1 aromatic rings. The first-order chi connectivity index (χ1) is 6.91. The number of nitrogens with zero attached hydrogens (tertiary/aromatic N) is 1. The number of hydrogen-bond acceptors (Lipinski definition) is 2. The Labute approximate surface area is 97.2 Å². The fraction of sp³-hybridized carbons (Fsp3) is 0.250. The highest BCUT2D eigenvalue weighted by atomic mass is 79.9. The van der Waals surface area contributed by atoms with Gasteiger partial charge in [0.25, 0.3) is 6.43 Å². The van der Waals surface area contributed by atoms with E-state index in [1.54, 1.807) is 0 Å².